The molecule has 0 saturated carbocycles. The van der Waals surface area contributed by atoms with Crippen molar-refractivity contribution >= 4 is 11.9 Å². The molecular formula is C17H14F2O2. The lowest BCUT2D eigenvalue weighted by molar-refractivity contribution is 0.104. The molecule has 0 aromatic heterocycles. The Morgan fingerprint density at radius 2 is 1.90 bits per heavy atom. The van der Waals surface area contributed by atoms with E-state index in [9.17, 15) is 13.6 Å². The fourth-order valence-electron chi connectivity index (χ4n) is 1.82. The fourth-order valence-corrected chi connectivity index (χ4v) is 1.82. The second-order valence-corrected chi connectivity index (χ2v) is 4.30. The maximum absolute atomic E-state index is 13.1. The summed E-state index contributed by atoms with van der Waals surface area (Å²) >= 11 is 0. The van der Waals surface area contributed by atoms with Crippen LogP contribution in [0.5, 0.6) is 5.75 Å². The second kappa shape index (κ2) is 6.79. The van der Waals surface area contributed by atoms with Crippen LogP contribution in [0.2, 0.25) is 0 Å². The molecule has 108 valence electrons. The highest BCUT2D eigenvalue weighted by Gasteiger charge is 2.07. The number of benzene rings is 2. The third-order valence-corrected chi connectivity index (χ3v) is 2.84. The van der Waals surface area contributed by atoms with Crippen LogP contribution >= 0.6 is 0 Å². The van der Waals surface area contributed by atoms with Crippen LogP contribution in [-0.2, 0) is 0 Å². The molecule has 0 saturated heterocycles. The van der Waals surface area contributed by atoms with E-state index in [4.69, 9.17) is 4.74 Å². The first kappa shape index (κ1) is 14.9. The van der Waals surface area contributed by atoms with Crippen molar-refractivity contribution in [3.8, 4) is 5.75 Å². The van der Waals surface area contributed by atoms with E-state index < -0.39 is 17.4 Å². The Bertz CT molecular complexity index is 678. The summed E-state index contributed by atoms with van der Waals surface area (Å²) in [5.74, 6) is -1.75. The third kappa shape index (κ3) is 3.75. The van der Waals surface area contributed by atoms with Gasteiger partial charge in [-0.05, 0) is 43.3 Å². The minimum atomic E-state index is -1.04. The molecule has 0 radical (unpaired) electrons. The lowest BCUT2D eigenvalue weighted by atomic mass is 10.1. The molecule has 0 unspecified atom stereocenters. The van der Waals surface area contributed by atoms with Crippen molar-refractivity contribution in [1.29, 1.82) is 0 Å². The van der Waals surface area contributed by atoms with Crippen LogP contribution in [-0.4, -0.2) is 12.4 Å². The van der Waals surface area contributed by atoms with Crippen molar-refractivity contribution < 1.29 is 18.3 Å². The summed E-state index contributed by atoms with van der Waals surface area (Å²) in [7, 11) is 0. The van der Waals surface area contributed by atoms with E-state index >= 15 is 0 Å². The van der Waals surface area contributed by atoms with Gasteiger partial charge in [-0.25, -0.2) is 8.78 Å². The normalized spacial score (nSPS) is 10.8. The van der Waals surface area contributed by atoms with Gasteiger partial charge in [0.2, 0.25) is 0 Å². The highest BCUT2D eigenvalue weighted by molar-refractivity contribution is 6.06. The Kier molecular flexibility index (Phi) is 4.82. The molecule has 2 aromatic carbocycles. The van der Waals surface area contributed by atoms with Crippen LogP contribution in [0.1, 0.15) is 22.8 Å². The molecule has 2 nitrogen and oxygen atoms in total. The van der Waals surface area contributed by atoms with Crippen molar-refractivity contribution in [2.24, 2.45) is 0 Å². The molecule has 0 N–H and O–H groups in total. The summed E-state index contributed by atoms with van der Waals surface area (Å²) in [6, 6.07) is 10.3. The van der Waals surface area contributed by atoms with Crippen molar-refractivity contribution in [3.05, 3.63) is 71.3 Å². The molecule has 0 aliphatic rings. The molecule has 0 spiro atoms. The predicted molar refractivity (Wildman–Crippen MR) is 77.3 cm³/mol. The standard InChI is InChI=1S/C17H14F2O2/c1-2-21-17-6-4-3-5-12(17)8-10-16(20)13-7-9-14(18)15(19)11-13/h3-11H,2H2,1H3. The number of carbonyl (C=O) groups excluding carboxylic acids is 1. The fraction of sp³-hybridized carbons (Fsp3) is 0.118. The number of ether oxygens (including phenoxy) is 1. The molecule has 2 rings (SSSR count). The van der Waals surface area contributed by atoms with Crippen LogP contribution in [0.4, 0.5) is 8.78 Å². The van der Waals surface area contributed by atoms with Gasteiger partial charge in [0.05, 0.1) is 6.61 Å². The first-order valence-corrected chi connectivity index (χ1v) is 6.51. The van der Waals surface area contributed by atoms with Crippen molar-refractivity contribution in [2.45, 2.75) is 6.92 Å². The first-order valence-electron chi connectivity index (χ1n) is 6.51. The Morgan fingerprint density at radius 3 is 2.62 bits per heavy atom. The number of halogens is 2. The lowest BCUT2D eigenvalue weighted by Gasteiger charge is -2.06. The Morgan fingerprint density at radius 1 is 1.14 bits per heavy atom. The Balaban J connectivity index is 2.20. The van der Waals surface area contributed by atoms with Gasteiger partial charge < -0.3 is 4.74 Å². The number of hydrogen-bond donors (Lipinski definition) is 0. The minimum absolute atomic E-state index is 0.0963. The molecule has 4 heteroatoms. The number of hydrogen-bond acceptors (Lipinski definition) is 2. The molecule has 2 aromatic rings. The predicted octanol–water partition coefficient (Wildman–Crippen LogP) is 4.26. The van der Waals surface area contributed by atoms with Gasteiger partial charge in [0.15, 0.2) is 17.4 Å². The van der Waals surface area contributed by atoms with E-state index in [0.29, 0.717) is 12.4 Å². The van der Waals surface area contributed by atoms with Gasteiger partial charge in [-0.2, -0.15) is 0 Å². The van der Waals surface area contributed by atoms with E-state index in [2.05, 4.69) is 0 Å². The van der Waals surface area contributed by atoms with Crippen molar-refractivity contribution in [3.63, 3.8) is 0 Å². The number of rotatable bonds is 5. The highest BCUT2D eigenvalue weighted by atomic mass is 19.2. The van der Waals surface area contributed by atoms with E-state index in [1.54, 1.807) is 18.2 Å². The van der Waals surface area contributed by atoms with Gasteiger partial charge in [0, 0.05) is 11.1 Å². The number of carbonyl (C=O) groups is 1. The molecule has 0 heterocycles. The molecule has 0 fully saturated rings. The van der Waals surface area contributed by atoms with Gasteiger partial charge in [-0.15, -0.1) is 0 Å². The molecule has 0 aliphatic heterocycles. The van der Waals surface area contributed by atoms with E-state index in [0.717, 1.165) is 17.7 Å². The van der Waals surface area contributed by atoms with Crippen LogP contribution < -0.4 is 4.74 Å². The number of ketones is 1. The highest BCUT2D eigenvalue weighted by Crippen LogP contribution is 2.20. The monoisotopic (exact) mass is 288 g/mol. The maximum Gasteiger partial charge on any atom is 0.185 e. The molecule has 0 amide bonds. The van der Waals surface area contributed by atoms with Gasteiger partial charge >= 0.3 is 0 Å². The second-order valence-electron chi connectivity index (χ2n) is 4.30. The van der Waals surface area contributed by atoms with Gasteiger partial charge in [0.1, 0.15) is 5.75 Å². The summed E-state index contributed by atoms with van der Waals surface area (Å²) in [5.41, 5.74) is 0.842. The zero-order valence-electron chi connectivity index (χ0n) is 11.5. The third-order valence-electron chi connectivity index (χ3n) is 2.84. The van der Waals surface area contributed by atoms with Crippen LogP contribution in [0.15, 0.2) is 48.5 Å². The van der Waals surface area contributed by atoms with Gasteiger partial charge in [-0.3, -0.25) is 4.79 Å². The topological polar surface area (TPSA) is 26.3 Å². The Labute approximate surface area is 121 Å². The van der Waals surface area contributed by atoms with Crippen LogP contribution in [0.25, 0.3) is 6.08 Å². The van der Waals surface area contributed by atoms with Crippen LogP contribution in [0, 0.1) is 11.6 Å². The van der Waals surface area contributed by atoms with Crippen molar-refractivity contribution in [2.75, 3.05) is 6.61 Å². The van der Waals surface area contributed by atoms with Crippen LogP contribution in [0.3, 0.4) is 0 Å². The SMILES string of the molecule is CCOc1ccccc1C=CC(=O)c1ccc(F)c(F)c1. The zero-order valence-corrected chi connectivity index (χ0v) is 11.5. The van der Waals surface area contributed by atoms with Gasteiger partial charge in [0.25, 0.3) is 0 Å². The zero-order chi connectivity index (χ0) is 15.2. The van der Waals surface area contributed by atoms with Gasteiger partial charge in [-0.1, -0.05) is 18.2 Å². The van der Waals surface area contributed by atoms with E-state index in [1.165, 1.54) is 12.1 Å². The summed E-state index contributed by atoms with van der Waals surface area (Å²) in [6.07, 6.45) is 2.90. The summed E-state index contributed by atoms with van der Waals surface area (Å²) in [5, 5.41) is 0. The average Bonchev–Trinajstić information content (AvgIpc) is 2.49. The quantitative estimate of drug-likeness (QED) is 0.607. The molecule has 0 bridgehead atoms. The summed E-state index contributed by atoms with van der Waals surface area (Å²) < 4.78 is 31.4. The maximum atomic E-state index is 13.1. The summed E-state index contributed by atoms with van der Waals surface area (Å²) in [6.45, 7) is 2.38. The molecule has 21 heavy (non-hydrogen) atoms. The first-order chi connectivity index (χ1) is 10.1. The molecule has 0 aliphatic carbocycles. The van der Waals surface area contributed by atoms with Crippen molar-refractivity contribution in [1.82, 2.24) is 0 Å². The van der Waals surface area contributed by atoms with E-state index in [1.807, 2.05) is 19.1 Å². The summed E-state index contributed by atoms with van der Waals surface area (Å²) in [4.78, 5) is 11.9. The number of allylic oxidation sites excluding steroid dienone is 1. The molecule has 0 atom stereocenters. The number of para-hydroxylation sites is 1. The smallest absolute Gasteiger partial charge is 0.185 e. The molecular weight excluding hydrogens is 274 g/mol. The minimum Gasteiger partial charge on any atom is -0.493 e. The largest absolute Gasteiger partial charge is 0.493 e. The van der Waals surface area contributed by atoms with E-state index in [-0.39, 0.29) is 5.56 Å². The average molecular weight is 288 g/mol. The Hall–Kier alpha value is -2.49. The lowest BCUT2D eigenvalue weighted by Crippen LogP contribution is -1.97.